The lowest BCUT2D eigenvalue weighted by Crippen LogP contribution is -2.30. The zero-order chi connectivity index (χ0) is 15.8. The zero-order valence-corrected chi connectivity index (χ0v) is 15.2. The maximum absolute atomic E-state index is 12.1. The van der Waals surface area contributed by atoms with Crippen LogP contribution in [0.5, 0.6) is 0 Å². The molecule has 21 heavy (non-hydrogen) atoms. The number of hydrogen-bond acceptors (Lipinski definition) is 1. The van der Waals surface area contributed by atoms with Gasteiger partial charge >= 0.3 is 0 Å². The maximum atomic E-state index is 12.1. The highest BCUT2D eigenvalue weighted by atomic mass is 16.1. The molecule has 2 aliphatic carbocycles. The lowest BCUT2D eigenvalue weighted by molar-refractivity contribution is -0.120. The van der Waals surface area contributed by atoms with Crippen molar-refractivity contribution < 1.29 is 4.79 Å². The predicted octanol–water partition coefficient (Wildman–Crippen LogP) is 5.87. The van der Waals surface area contributed by atoms with Crippen molar-refractivity contribution in [3.05, 3.63) is 0 Å². The average molecular weight is 293 g/mol. The van der Waals surface area contributed by atoms with Gasteiger partial charge in [0.05, 0.1) is 0 Å². The fraction of sp³-hybridized carbons (Fsp3) is 0.950. The van der Waals surface area contributed by atoms with E-state index in [1.807, 2.05) is 6.92 Å². The Morgan fingerprint density at radius 3 is 2.48 bits per heavy atom. The smallest absolute Gasteiger partial charge is 0.133 e. The molecule has 0 radical (unpaired) electrons. The number of hydrogen-bond donors (Lipinski definition) is 0. The van der Waals surface area contributed by atoms with Crippen LogP contribution >= 0.6 is 0 Å². The molecule has 2 rings (SSSR count). The van der Waals surface area contributed by atoms with E-state index in [0.29, 0.717) is 16.6 Å². The molecular weight excluding hydrogens is 256 g/mol. The second kappa shape index (κ2) is 6.05. The van der Waals surface area contributed by atoms with Crippen LogP contribution in [0.15, 0.2) is 0 Å². The largest absolute Gasteiger partial charge is 0.300 e. The monoisotopic (exact) mass is 292 g/mol. The van der Waals surface area contributed by atoms with Gasteiger partial charge in [0.25, 0.3) is 0 Å². The van der Waals surface area contributed by atoms with Gasteiger partial charge in [-0.1, -0.05) is 41.5 Å². The molecule has 1 nitrogen and oxygen atoms in total. The van der Waals surface area contributed by atoms with Crippen molar-refractivity contribution in [3.8, 4) is 0 Å². The number of rotatable bonds is 5. The molecule has 0 amide bonds. The summed E-state index contributed by atoms with van der Waals surface area (Å²) in [7, 11) is 0. The molecule has 0 aromatic carbocycles. The van der Waals surface area contributed by atoms with Gasteiger partial charge in [-0.2, -0.15) is 0 Å². The lowest BCUT2D eigenvalue weighted by atomic mass is 9.67. The molecule has 122 valence electrons. The molecule has 4 atom stereocenters. The molecule has 0 heterocycles. The first-order valence-corrected chi connectivity index (χ1v) is 9.22. The van der Waals surface area contributed by atoms with Gasteiger partial charge in [0.15, 0.2) is 0 Å². The highest BCUT2D eigenvalue weighted by Gasteiger charge is 2.61. The zero-order valence-electron chi connectivity index (χ0n) is 15.2. The minimum Gasteiger partial charge on any atom is -0.300 e. The second-order valence-corrected chi connectivity index (χ2v) is 9.29. The highest BCUT2D eigenvalue weighted by Crippen LogP contribution is 2.69. The van der Waals surface area contributed by atoms with E-state index in [1.54, 1.807) is 0 Å². The van der Waals surface area contributed by atoms with Crippen LogP contribution < -0.4 is 0 Å². The van der Waals surface area contributed by atoms with Crippen LogP contribution in [0.4, 0.5) is 0 Å². The molecule has 2 saturated carbocycles. The molecule has 4 unspecified atom stereocenters. The number of Topliss-reactive ketones (excluding diaryl/α,β-unsaturated/α-hetero) is 1. The van der Waals surface area contributed by atoms with E-state index in [-0.39, 0.29) is 0 Å². The maximum Gasteiger partial charge on any atom is 0.133 e. The Balaban J connectivity index is 2.19. The molecule has 2 fully saturated rings. The van der Waals surface area contributed by atoms with Crippen molar-refractivity contribution in [1.82, 2.24) is 0 Å². The van der Waals surface area contributed by atoms with E-state index < -0.39 is 0 Å². The van der Waals surface area contributed by atoms with Gasteiger partial charge in [0, 0.05) is 12.8 Å². The third kappa shape index (κ3) is 3.71. The molecule has 0 N–H and O–H groups in total. The summed E-state index contributed by atoms with van der Waals surface area (Å²) in [5.74, 6) is 3.71. The Hall–Kier alpha value is -0.330. The van der Waals surface area contributed by atoms with Crippen LogP contribution in [0.3, 0.4) is 0 Å². The summed E-state index contributed by atoms with van der Waals surface area (Å²) < 4.78 is 0. The van der Waals surface area contributed by atoms with Crippen molar-refractivity contribution in [2.45, 2.75) is 86.5 Å². The summed E-state index contributed by atoms with van der Waals surface area (Å²) in [6, 6.07) is 0. The van der Waals surface area contributed by atoms with Gasteiger partial charge in [-0.15, -0.1) is 0 Å². The predicted molar refractivity (Wildman–Crippen MR) is 90.2 cm³/mol. The van der Waals surface area contributed by atoms with Crippen LogP contribution in [-0.4, -0.2) is 5.78 Å². The Morgan fingerprint density at radius 2 is 1.90 bits per heavy atom. The van der Waals surface area contributed by atoms with Crippen LogP contribution in [0.2, 0.25) is 0 Å². The fourth-order valence-corrected chi connectivity index (χ4v) is 5.12. The highest BCUT2D eigenvalue weighted by molar-refractivity contribution is 5.79. The SMILES string of the molecule is CCC(=O)CC12CC(CC(C)C)C(C)CCC(C)(C)C1C2. The van der Waals surface area contributed by atoms with E-state index in [2.05, 4.69) is 34.6 Å². The van der Waals surface area contributed by atoms with Crippen molar-refractivity contribution in [2.75, 3.05) is 0 Å². The standard InChI is InChI=1S/C20H36O/c1-7-17(21)12-20-11-16(10-14(2)3)15(4)8-9-19(5,6)18(20)13-20/h14-16,18H,7-13H2,1-6H3. The Bertz CT molecular complexity index is 381. The van der Waals surface area contributed by atoms with Gasteiger partial charge in [-0.25, -0.2) is 0 Å². The minimum atomic E-state index is 0.366. The minimum absolute atomic E-state index is 0.366. The van der Waals surface area contributed by atoms with Crippen LogP contribution in [-0.2, 0) is 4.79 Å². The molecule has 0 saturated heterocycles. The van der Waals surface area contributed by atoms with Crippen molar-refractivity contribution in [2.24, 2.45) is 34.5 Å². The van der Waals surface area contributed by atoms with Crippen LogP contribution in [0.1, 0.15) is 86.5 Å². The molecule has 0 aromatic heterocycles. The number of fused-ring (bicyclic) bond motifs is 1. The topological polar surface area (TPSA) is 17.1 Å². The summed E-state index contributed by atoms with van der Waals surface area (Å²) in [6.45, 7) is 14.1. The molecule has 0 aliphatic heterocycles. The van der Waals surface area contributed by atoms with Crippen LogP contribution in [0, 0.1) is 34.5 Å². The van der Waals surface area contributed by atoms with Gasteiger partial charge in [-0.05, 0) is 66.6 Å². The quantitative estimate of drug-likeness (QED) is 0.619. The average Bonchev–Trinajstić information content (AvgIpc) is 3.08. The molecular formula is C20H36O. The first-order valence-electron chi connectivity index (χ1n) is 9.22. The van der Waals surface area contributed by atoms with E-state index in [9.17, 15) is 4.79 Å². The summed E-state index contributed by atoms with van der Waals surface area (Å²) in [5, 5.41) is 0. The normalized spacial score (nSPS) is 38.5. The second-order valence-electron chi connectivity index (χ2n) is 9.29. The summed E-state index contributed by atoms with van der Waals surface area (Å²) >= 11 is 0. The van der Waals surface area contributed by atoms with Crippen LogP contribution in [0.25, 0.3) is 0 Å². The molecule has 0 aromatic rings. The first-order chi connectivity index (χ1) is 9.70. The Labute approximate surface area is 132 Å². The summed E-state index contributed by atoms with van der Waals surface area (Å²) in [5.41, 5.74) is 0.802. The Morgan fingerprint density at radius 1 is 1.24 bits per heavy atom. The number of ketones is 1. The van der Waals surface area contributed by atoms with Gasteiger partial charge in [-0.3, -0.25) is 4.79 Å². The number of carbonyl (C=O) groups is 1. The van der Waals surface area contributed by atoms with Crippen molar-refractivity contribution in [1.29, 1.82) is 0 Å². The molecule has 0 spiro atoms. The van der Waals surface area contributed by atoms with E-state index in [1.165, 1.54) is 32.1 Å². The summed E-state index contributed by atoms with van der Waals surface area (Å²) in [4.78, 5) is 12.1. The van der Waals surface area contributed by atoms with E-state index in [0.717, 1.165) is 36.5 Å². The summed E-state index contributed by atoms with van der Waals surface area (Å²) in [6.07, 6.45) is 8.27. The molecule has 0 bridgehead atoms. The Kier molecular flexibility index (Phi) is 4.90. The lowest BCUT2D eigenvalue weighted by Gasteiger charge is -2.38. The van der Waals surface area contributed by atoms with Gasteiger partial charge < -0.3 is 0 Å². The van der Waals surface area contributed by atoms with Crippen molar-refractivity contribution >= 4 is 5.78 Å². The van der Waals surface area contributed by atoms with E-state index >= 15 is 0 Å². The first kappa shape index (κ1) is 17.0. The fourth-order valence-electron chi connectivity index (χ4n) is 5.12. The van der Waals surface area contributed by atoms with Crippen molar-refractivity contribution in [3.63, 3.8) is 0 Å². The van der Waals surface area contributed by atoms with E-state index in [4.69, 9.17) is 0 Å². The molecule has 2 aliphatic rings. The third-order valence-corrected chi connectivity index (χ3v) is 6.57. The third-order valence-electron chi connectivity index (χ3n) is 6.57. The van der Waals surface area contributed by atoms with Gasteiger partial charge in [0.2, 0.25) is 0 Å². The van der Waals surface area contributed by atoms with Gasteiger partial charge in [0.1, 0.15) is 5.78 Å². The number of carbonyl (C=O) groups excluding carboxylic acids is 1. The molecule has 1 heteroatoms.